The van der Waals surface area contributed by atoms with Crippen molar-refractivity contribution in [1.29, 1.82) is 0 Å². The Morgan fingerprint density at radius 1 is 0.348 bits per heavy atom. The van der Waals surface area contributed by atoms with E-state index in [1.165, 1.54) is 36.2 Å². The van der Waals surface area contributed by atoms with Gasteiger partial charge in [-0.2, -0.15) is 0 Å². The van der Waals surface area contributed by atoms with Crippen molar-refractivity contribution < 1.29 is 18.8 Å². The lowest BCUT2D eigenvalue weighted by atomic mass is 9.99. The summed E-state index contributed by atoms with van der Waals surface area (Å²) in [6.07, 6.45) is 23.6. The van der Waals surface area contributed by atoms with E-state index in [0.717, 1.165) is 0 Å². The fourth-order valence-electron chi connectivity index (χ4n) is 5.03. The van der Waals surface area contributed by atoms with E-state index in [1.807, 2.05) is 0 Å². The molecule has 0 atom stereocenters. The second-order valence-electron chi connectivity index (χ2n) is 7.32. The van der Waals surface area contributed by atoms with Crippen LogP contribution in [0, 0.1) is 0 Å². The van der Waals surface area contributed by atoms with Crippen LogP contribution in [-0.4, -0.2) is 17.0 Å². The van der Waals surface area contributed by atoms with Gasteiger partial charge in [-0.25, -0.2) is 0 Å². The molecule has 3 saturated carbocycles. The Bertz CT molecular complexity index is 217. The number of hydrogen-bond acceptors (Lipinski definition) is 0. The van der Waals surface area contributed by atoms with Crippen LogP contribution in [0.25, 0.3) is 0 Å². The van der Waals surface area contributed by atoms with Crippen molar-refractivity contribution in [2.45, 2.75) is 113 Å². The fourth-order valence-corrected chi connectivity index (χ4v) is 9.71. The highest BCUT2D eigenvalue weighted by molar-refractivity contribution is 7.59. The summed E-state index contributed by atoms with van der Waals surface area (Å²) < 4.78 is 0. The van der Waals surface area contributed by atoms with Gasteiger partial charge in [-0.15, -0.1) is 0 Å². The monoisotopic (exact) mass is 360 g/mol. The maximum atomic E-state index is 1.61. The zero-order valence-electron chi connectivity index (χ0n) is 14.4. The second kappa shape index (κ2) is 13.4. The number of rotatable bonds is 3. The van der Waals surface area contributed by atoms with Crippen molar-refractivity contribution in [2.24, 2.45) is 0 Å². The van der Waals surface area contributed by atoms with Gasteiger partial charge in [-0.3, -0.25) is 18.8 Å². The highest BCUT2D eigenvalue weighted by atomic mass is 31.1. The highest BCUT2D eigenvalue weighted by Gasteiger charge is 2.36. The predicted octanol–water partition coefficient (Wildman–Crippen LogP) is 7.08. The molecular formula is C18H37F4P. The van der Waals surface area contributed by atoms with E-state index in [-0.39, 0.29) is 18.8 Å². The van der Waals surface area contributed by atoms with Crippen molar-refractivity contribution in [1.82, 2.24) is 0 Å². The van der Waals surface area contributed by atoms with Gasteiger partial charge in [-0.05, 0) is 55.5 Å². The summed E-state index contributed by atoms with van der Waals surface area (Å²) >= 11 is 0. The molecule has 0 spiro atoms. The van der Waals surface area contributed by atoms with Gasteiger partial charge in [0.2, 0.25) is 0 Å². The van der Waals surface area contributed by atoms with Crippen LogP contribution in [0.15, 0.2) is 0 Å². The average molecular weight is 360 g/mol. The molecule has 0 aromatic heterocycles. The summed E-state index contributed by atoms with van der Waals surface area (Å²) in [6.45, 7) is 0. The molecule has 0 aromatic rings. The normalized spacial score (nSPS) is 23.9. The summed E-state index contributed by atoms with van der Waals surface area (Å²) in [5, 5.41) is 0. The highest BCUT2D eigenvalue weighted by Crippen LogP contribution is 2.61. The molecule has 0 bridgehead atoms. The summed E-state index contributed by atoms with van der Waals surface area (Å²) in [6, 6.07) is 0. The molecule has 0 aromatic carbocycles. The maximum absolute atomic E-state index is 1.61. The Hall–Kier alpha value is 0.150. The first kappa shape index (κ1) is 25.4. The molecule has 3 aliphatic rings. The van der Waals surface area contributed by atoms with Crippen LogP contribution < -0.4 is 0 Å². The van der Waals surface area contributed by atoms with Gasteiger partial charge >= 0.3 is 0 Å². The molecule has 0 aliphatic heterocycles. The molecule has 5 heteroatoms. The van der Waals surface area contributed by atoms with Gasteiger partial charge < -0.3 is 0 Å². The first-order chi connectivity index (χ1) is 9.45. The number of hydrogen-bond donors (Lipinski definition) is 0. The fraction of sp³-hybridized carbons (Fsp3) is 1.00. The Kier molecular flexibility index (Phi) is 14.8. The van der Waals surface area contributed by atoms with E-state index in [2.05, 4.69) is 0 Å². The Balaban J connectivity index is 0. The van der Waals surface area contributed by atoms with Crippen LogP contribution in [0.5, 0.6) is 0 Å². The minimum Gasteiger partial charge on any atom is -0.269 e. The lowest BCUT2D eigenvalue weighted by Crippen LogP contribution is -2.28. The van der Waals surface area contributed by atoms with Crippen molar-refractivity contribution in [3.8, 4) is 0 Å². The van der Waals surface area contributed by atoms with Gasteiger partial charge in [0.05, 0.1) is 0 Å². The summed E-state index contributed by atoms with van der Waals surface area (Å²) in [5.74, 6) is 0. The van der Waals surface area contributed by atoms with E-state index >= 15 is 0 Å². The van der Waals surface area contributed by atoms with E-state index in [1.54, 1.807) is 77.0 Å². The Labute approximate surface area is 140 Å². The van der Waals surface area contributed by atoms with Gasteiger partial charge in [0.15, 0.2) is 0 Å². The molecule has 3 rings (SSSR count). The third-order valence-corrected chi connectivity index (χ3v) is 10.1. The van der Waals surface area contributed by atoms with Crippen molar-refractivity contribution in [3.05, 3.63) is 0 Å². The van der Waals surface area contributed by atoms with E-state index in [4.69, 9.17) is 0 Å². The molecule has 0 amide bonds. The van der Waals surface area contributed by atoms with Gasteiger partial charge in [0.25, 0.3) is 0 Å². The zero-order chi connectivity index (χ0) is 12.9. The molecule has 23 heavy (non-hydrogen) atoms. The minimum atomic E-state index is 0. The lowest BCUT2D eigenvalue weighted by Gasteiger charge is -2.44. The topological polar surface area (TPSA) is 0 Å². The molecule has 0 radical (unpaired) electrons. The van der Waals surface area contributed by atoms with Crippen LogP contribution in [0.3, 0.4) is 0 Å². The van der Waals surface area contributed by atoms with Crippen molar-refractivity contribution >= 4 is 7.92 Å². The smallest absolute Gasteiger partial charge is 0.0204 e. The zero-order valence-corrected chi connectivity index (χ0v) is 15.3. The lowest BCUT2D eigenvalue weighted by molar-refractivity contribution is 0.460. The molecule has 3 aliphatic carbocycles. The first-order valence-corrected chi connectivity index (χ1v) is 10.8. The predicted molar refractivity (Wildman–Crippen MR) is 97.6 cm³/mol. The quantitative estimate of drug-likeness (QED) is 0.373. The van der Waals surface area contributed by atoms with Crippen molar-refractivity contribution in [3.63, 3.8) is 0 Å². The van der Waals surface area contributed by atoms with E-state index in [9.17, 15) is 0 Å². The SMILES string of the molecule is C1CCC(P(C2CCCCC2)C2CCCCC2)CC1.F.F.F.F. The Morgan fingerprint density at radius 3 is 0.783 bits per heavy atom. The second-order valence-corrected chi connectivity index (χ2v) is 10.4. The van der Waals surface area contributed by atoms with Gasteiger partial charge in [-0.1, -0.05) is 65.7 Å². The number of halogens is 4. The third-order valence-electron chi connectivity index (χ3n) is 5.99. The van der Waals surface area contributed by atoms with Crippen molar-refractivity contribution in [2.75, 3.05) is 0 Å². The summed E-state index contributed by atoms with van der Waals surface area (Å²) in [4.78, 5) is 0. The maximum Gasteiger partial charge on any atom is -0.0204 e. The average Bonchev–Trinajstić information content (AvgIpc) is 2.51. The standard InChI is InChI=1S/C18H33P.4FH/c1-4-10-16(11-5-1)19(17-12-6-2-7-13-17)18-14-8-3-9-15-18;;;;/h16-18H,1-15H2;4*1H. The summed E-state index contributed by atoms with van der Waals surface area (Å²) in [7, 11) is 0.385. The molecule has 142 valence electrons. The summed E-state index contributed by atoms with van der Waals surface area (Å²) in [5.41, 5.74) is 3.57. The molecule has 0 saturated heterocycles. The minimum absolute atomic E-state index is 0. The molecular weight excluding hydrogens is 323 g/mol. The van der Waals surface area contributed by atoms with E-state index in [0.29, 0.717) is 7.92 Å². The van der Waals surface area contributed by atoms with Crippen LogP contribution in [-0.2, 0) is 0 Å². The molecule has 0 heterocycles. The molecule has 0 N–H and O–H groups in total. The van der Waals surface area contributed by atoms with Crippen LogP contribution in [0.2, 0.25) is 0 Å². The van der Waals surface area contributed by atoms with Crippen LogP contribution in [0.4, 0.5) is 18.8 Å². The third kappa shape index (κ3) is 6.88. The first-order valence-electron chi connectivity index (χ1n) is 9.22. The van der Waals surface area contributed by atoms with E-state index < -0.39 is 0 Å². The van der Waals surface area contributed by atoms with Gasteiger partial charge in [0, 0.05) is 0 Å². The van der Waals surface area contributed by atoms with Crippen LogP contribution >= 0.6 is 7.92 Å². The largest absolute Gasteiger partial charge is 0.269 e. The Morgan fingerprint density at radius 2 is 0.565 bits per heavy atom. The molecule has 0 nitrogen and oxygen atoms in total. The molecule has 0 unspecified atom stereocenters. The van der Waals surface area contributed by atoms with Gasteiger partial charge in [0.1, 0.15) is 0 Å². The molecule has 3 fully saturated rings. The van der Waals surface area contributed by atoms with Crippen LogP contribution in [0.1, 0.15) is 96.3 Å².